The Morgan fingerprint density at radius 3 is 2.88 bits per heavy atom. The van der Waals surface area contributed by atoms with Gasteiger partial charge in [-0.2, -0.15) is 0 Å². The van der Waals surface area contributed by atoms with Crippen LogP contribution in [0.25, 0.3) is 0 Å². The lowest BCUT2D eigenvalue weighted by atomic mass is 10.0. The average molecular weight is 223 g/mol. The van der Waals surface area contributed by atoms with E-state index in [1.54, 1.807) is 6.20 Å². The first-order chi connectivity index (χ1) is 7.69. The molecule has 1 rings (SSSR count). The Balaban J connectivity index is 2.66. The molecule has 0 bridgehead atoms. The monoisotopic (exact) mass is 223 g/mol. The van der Waals surface area contributed by atoms with Crippen LogP contribution in [-0.2, 0) is 11.2 Å². The Bertz CT molecular complexity index is 317. The first-order valence-electron chi connectivity index (χ1n) is 5.66. The number of nitrogens with one attached hydrogen (secondary N) is 1. The van der Waals surface area contributed by atoms with Gasteiger partial charge in [-0.1, -0.05) is 0 Å². The largest absolute Gasteiger partial charge is 0.398 e. The molecular formula is C12H21N3O. The molecule has 1 aromatic heterocycles. The van der Waals surface area contributed by atoms with E-state index < -0.39 is 0 Å². The standard InChI is InChI=1S/C12H21N3O/c1-4-16-9(2)12(14-3)7-10-8-15-6-5-11(10)13/h5-6,8-9,12,14H,4,7H2,1-3H3,(H2,13,15). The lowest BCUT2D eigenvalue weighted by Crippen LogP contribution is -2.39. The topological polar surface area (TPSA) is 60.2 Å². The zero-order valence-electron chi connectivity index (χ0n) is 10.2. The van der Waals surface area contributed by atoms with E-state index in [2.05, 4.69) is 17.2 Å². The van der Waals surface area contributed by atoms with Gasteiger partial charge in [0.1, 0.15) is 0 Å². The van der Waals surface area contributed by atoms with Crippen LogP contribution >= 0.6 is 0 Å². The number of hydrogen-bond acceptors (Lipinski definition) is 4. The van der Waals surface area contributed by atoms with Crippen molar-refractivity contribution in [3.63, 3.8) is 0 Å². The van der Waals surface area contributed by atoms with Crippen LogP contribution in [0, 0.1) is 0 Å². The molecule has 0 aliphatic heterocycles. The van der Waals surface area contributed by atoms with Crippen LogP contribution in [0.4, 0.5) is 5.69 Å². The van der Waals surface area contributed by atoms with Gasteiger partial charge >= 0.3 is 0 Å². The first kappa shape index (κ1) is 12.9. The van der Waals surface area contributed by atoms with Crippen molar-refractivity contribution in [2.24, 2.45) is 0 Å². The van der Waals surface area contributed by atoms with Crippen LogP contribution in [0.3, 0.4) is 0 Å². The Hall–Kier alpha value is -1.13. The van der Waals surface area contributed by atoms with Crippen molar-refractivity contribution in [3.8, 4) is 0 Å². The molecule has 2 unspecified atom stereocenters. The number of anilines is 1. The molecule has 4 nitrogen and oxygen atoms in total. The van der Waals surface area contributed by atoms with E-state index in [-0.39, 0.29) is 12.1 Å². The van der Waals surface area contributed by atoms with Crippen LogP contribution in [0.15, 0.2) is 18.5 Å². The highest BCUT2D eigenvalue weighted by Crippen LogP contribution is 2.13. The number of nitrogen functional groups attached to an aromatic ring is 1. The zero-order valence-corrected chi connectivity index (χ0v) is 10.2. The van der Waals surface area contributed by atoms with Crippen LogP contribution in [0.2, 0.25) is 0 Å². The second kappa shape index (κ2) is 6.45. The molecular weight excluding hydrogens is 202 g/mol. The second-order valence-corrected chi connectivity index (χ2v) is 3.83. The molecule has 90 valence electrons. The van der Waals surface area contributed by atoms with Crippen molar-refractivity contribution in [1.29, 1.82) is 0 Å². The molecule has 0 aromatic carbocycles. The fraction of sp³-hybridized carbons (Fsp3) is 0.583. The Labute approximate surface area is 97.2 Å². The van der Waals surface area contributed by atoms with Crippen LogP contribution in [0.5, 0.6) is 0 Å². The van der Waals surface area contributed by atoms with E-state index in [9.17, 15) is 0 Å². The highest BCUT2D eigenvalue weighted by atomic mass is 16.5. The summed E-state index contributed by atoms with van der Waals surface area (Å²) in [5.41, 5.74) is 7.74. The van der Waals surface area contributed by atoms with Gasteiger partial charge in [-0.15, -0.1) is 0 Å². The van der Waals surface area contributed by atoms with E-state index in [0.717, 1.165) is 24.3 Å². The summed E-state index contributed by atoms with van der Waals surface area (Å²) >= 11 is 0. The second-order valence-electron chi connectivity index (χ2n) is 3.83. The SMILES string of the molecule is CCOC(C)C(Cc1cnccc1N)NC. The van der Waals surface area contributed by atoms with Crippen molar-refractivity contribution in [2.45, 2.75) is 32.4 Å². The number of rotatable bonds is 6. The smallest absolute Gasteiger partial charge is 0.0702 e. The molecule has 0 fully saturated rings. The summed E-state index contributed by atoms with van der Waals surface area (Å²) in [4.78, 5) is 4.09. The van der Waals surface area contributed by atoms with Gasteiger partial charge < -0.3 is 15.8 Å². The van der Waals surface area contributed by atoms with Gasteiger partial charge in [-0.05, 0) is 38.9 Å². The maximum atomic E-state index is 5.89. The highest BCUT2D eigenvalue weighted by molar-refractivity contribution is 5.44. The van der Waals surface area contributed by atoms with E-state index in [4.69, 9.17) is 10.5 Å². The van der Waals surface area contributed by atoms with E-state index in [1.807, 2.05) is 26.2 Å². The molecule has 0 aliphatic rings. The Kier molecular flexibility index (Phi) is 5.22. The summed E-state index contributed by atoms with van der Waals surface area (Å²) in [6.07, 6.45) is 4.52. The van der Waals surface area contributed by atoms with Crippen molar-refractivity contribution >= 4 is 5.69 Å². The molecule has 4 heteroatoms. The van der Waals surface area contributed by atoms with Crippen LogP contribution in [0.1, 0.15) is 19.4 Å². The molecule has 16 heavy (non-hydrogen) atoms. The lowest BCUT2D eigenvalue weighted by Gasteiger charge is -2.23. The summed E-state index contributed by atoms with van der Waals surface area (Å²) in [6.45, 7) is 4.79. The average Bonchev–Trinajstić information content (AvgIpc) is 2.28. The van der Waals surface area contributed by atoms with Gasteiger partial charge in [-0.25, -0.2) is 0 Å². The fourth-order valence-electron chi connectivity index (χ4n) is 1.73. The molecule has 1 aromatic rings. The predicted molar refractivity (Wildman–Crippen MR) is 66.3 cm³/mol. The minimum atomic E-state index is 0.162. The number of hydrogen-bond donors (Lipinski definition) is 2. The maximum Gasteiger partial charge on any atom is 0.0702 e. The van der Waals surface area contributed by atoms with E-state index >= 15 is 0 Å². The van der Waals surface area contributed by atoms with Gasteiger partial charge in [0.2, 0.25) is 0 Å². The molecule has 0 spiro atoms. The maximum absolute atomic E-state index is 5.89. The Morgan fingerprint density at radius 1 is 1.56 bits per heavy atom. The first-order valence-corrected chi connectivity index (χ1v) is 5.66. The molecule has 0 amide bonds. The summed E-state index contributed by atoms with van der Waals surface area (Å²) in [5.74, 6) is 0. The van der Waals surface area contributed by atoms with Gasteiger partial charge in [0.05, 0.1) is 6.10 Å². The van der Waals surface area contributed by atoms with Crippen molar-refractivity contribution < 1.29 is 4.74 Å². The molecule has 1 heterocycles. The molecule has 3 N–H and O–H groups in total. The van der Waals surface area contributed by atoms with Crippen LogP contribution in [-0.4, -0.2) is 30.8 Å². The third kappa shape index (κ3) is 3.47. The van der Waals surface area contributed by atoms with Gasteiger partial charge in [0.15, 0.2) is 0 Å². The lowest BCUT2D eigenvalue weighted by molar-refractivity contribution is 0.0497. The highest BCUT2D eigenvalue weighted by Gasteiger charge is 2.17. The minimum Gasteiger partial charge on any atom is -0.398 e. The number of likely N-dealkylation sites (N-methyl/N-ethyl adjacent to an activating group) is 1. The summed E-state index contributed by atoms with van der Waals surface area (Å²) in [6, 6.07) is 2.08. The number of nitrogens with zero attached hydrogens (tertiary/aromatic N) is 1. The van der Waals surface area contributed by atoms with Crippen molar-refractivity contribution in [3.05, 3.63) is 24.0 Å². The third-order valence-corrected chi connectivity index (χ3v) is 2.75. The molecule has 0 saturated heterocycles. The quantitative estimate of drug-likeness (QED) is 0.761. The van der Waals surface area contributed by atoms with Gasteiger partial charge in [-0.3, -0.25) is 4.98 Å². The van der Waals surface area contributed by atoms with Crippen LogP contribution < -0.4 is 11.1 Å². The summed E-state index contributed by atoms with van der Waals surface area (Å²) in [7, 11) is 1.94. The van der Waals surface area contributed by atoms with Gasteiger partial charge in [0, 0.05) is 30.7 Å². The molecule has 0 saturated carbocycles. The molecule has 0 aliphatic carbocycles. The predicted octanol–water partition coefficient (Wildman–Crippen LogP) is 1.22. The zero-order chi connectivity index (χ0) is 12.0. The number of pyridine rings is 1. The van der Waals surface area contributed by atoms with Crippen molar-refractivity contribution in [2.75, 3.05) is 19.4 Å². The van der Waals surface area contributed by atoms with E-state index in [0.29, 0.717) is 0 Å². The molecule has 2 atom stereocenters. The minimum absolute atomic E-state index is 0.162. The molecule has 0 radical (unpaired) electrons. The number of aromatic nitrogens is 1. The summed E-state index contributed by atoms with van der Waals surface area (Å²) < 4.78 is 5.58. The van der Waals surface area contributed by atoms with Gasteiger partial charge in [0.25, 0.3) is 0 Å². The van der Waals surface area contributed by atoms with E-state index in [1.165, 1.54) is 0 Å². The number of nitrogens with two attached hydrogens (primary N) is 1. The third-order valence-electron chi connectivity index (χ3n) is 2.75. The van der Waals surface area contributed by atoms with Crippen molar-refractivity contribution in [1.82, 2.24) is 10.3 Å². The fourth-order valence-corrected chi connectivity index (χ4v) is 1.73. The summed E-state index contributed by atoms with van der Waals surface area (Å²) in [5, 5.41) is 3.25. The normalized spacial score (nSPS) is 14.7. The Morgan fingerprint density at radius 2 is 2.31 bits per heavy atom. The number of ether oxygens (including phenoxy) is 1.